The van der Waals surface area contributed by atoms with E-state index in [1.807, 2.05) is 42.5 Å². The molecule has 0 aliphatic carbocycles. The fourth-order valence-electron chi connectivity index (χ4n) is 2.54. The number of H-pyrrole nitrogens is 1. The Morgan fingerprint density at radius 2 is 1.61 bits per heavy atom. The van der Waals surface area contributed by atoms with Crippen LogP contribution in [0.5, 0.6) is 0 Å². The maximum atomic E-state index is 6.31. The Morgan fingerprint density at radius 1 is 0.889 bits per heavy atom. The van der Waals surface area contributed by atoms with Gasteiger partial charge in [-0.1, -0.05) is 36.4 Å². The Labute approximate surface area is 103 Å². The summed E-state index contributed by atoms with van der Waals surface area (Å²) >= 11 is 0. The molecular weight excluding hydrogens is 222 g/mol. The smallest absolute Gasteiger partial charge is 0.141 e. The van der Waals surface area contributed by atoms with Crippen LogP contribution in [0.3, 0.4) is 0 Å². The molecule has 0 saturated heterocycles. The van der Waals surface area contributed by atoms with E-state index in [4.69, 9.17) is 5.73 Å². The predicted molar refractivity (Wildman–Crippen MR) is 75.5 cm³/mol. The van der Waals surface area contributed by atoms with Crippen LogP contribution in [-0.2, 0) is 0 Å². The van der Waals surface area contributed by atoms with E-state index in [-0.39, 0.29) is 0 Å². The number of nitrogen functional groups attached to an aromatic ring is 1. The Morgan fingerprint density at radius 3 is 2.50 bits per heavy atom. The third-order valence-corrected chi connectivity index (χ3v) is 3.38. The van der Waals surface area contributed by atoms with E-state index in [0.717, 1.165) is 38.5 Å². The van der Waals surface area contributed by atoms with Crippen LogP contribution in [0, 0.1) is 0 Å². The van der Waals surface area contributed by atoms with Gasteiger partial charge in [-0.15, -0.1) is 0 Å². The Kier molecular flexibility index (Phi) is 1.70. The zero-order valence-corrected chi connectivity index (χ0v) is 9.64. The topological polar surface area (TPSA) is 54.7 Å². The van der Waals surface area contributed by atoms with E-state index >= 15 is 0 Å². The van der Waals surface area contributed by atoms with Gasteiger partial charge in [-0.25, -0.2) is 4.98 Å². The quantitative estimate of drug-likeness (QED) is 0.488. The summed E-state index contributed by atoms with van der Waals surface area (Å²) in [6, 6.07) is 16.1. The monoisotopic (exact) mass is 233 g/mol. The number of aromatic nitrogens is 2. The van der Waals surface area contributed by atoms with Gasteiger partial charge in [0.1, 0.15) is 5.65 Å². The fourth-order valence-corrected chi connectivity index (χ4v) is 2.54. The lowest BCUT2D eigenvalue weighted by Crippen LogP contribution is -1.91. The number of anilines is 1. The molecule has 3 N–H and O–H groups in total. The van der Waals surface area contributed by atoms with Crippen LogP contribution in [-0.4, -0.2) is 9.97 Å². The fraction of sp³-hybridized carbons (Fsp3) is 0. The maximum absolute atomic E-state index is 6.31. The molecule has 2 heterocycles. The number of hydrogen-bond donors (Lipinski definition) is 2. The van der Waals surface area contributed by atoms with Gasteiger partial charge in [0.25, 0.3) is 0 Å². The van der Waals surface area contributed by atoms with Crippen LogP contribution < -0.4 is 5.73 Å². The van der Waals surface area contributed by atoms with Crippen molar-refractivity contribution in [2.24, 2.45) is 0 Å². The first-order valence-corrected chi connectivity index (χ1v) is 5.89. The van der Waals surface area contributed by atoms with E-state index in [2.05, 4.69) is 16.0 Å². The van der Waals surface area contributed by atoms with Crippen molar-refractivity contribution in [3.63, 3.8) is 0 Å². The molecule has 4 rings (SSSR count). The van der Waals surface area contributed by atoms with Crippen molar-refractivity contribution in [3.05, 3.63) is 48.5 Å². The molecule has 0 radical (unpaired) electrons. The first-order chi connectivity index (χ1) is 8.84. The van der Waals surface area contributed by atoms with E-state index in [0.29, 0.717) is 0 Å². The number of fused-ring (bicyclic) bond motifs is 4. The minimum absolute atomic E-state index is 0.799. The van der Waals surface area contributed by atoms with Crippen molar-refractivity contribution in [2.45, 2.75) is 0 Å². The average Bonchev–Trinajstić information content (AvgIpc) is 2.77. The first kappa shape index (κ1) is 9.48. The standard InChI is InChI=1S/C15H11N3/c16-14-10-6-2-4-8-12(10)18-15-13(14)9-5-1-3-7-11(9)17-15/h1-8H,(H3,16,17,18). The molecule has 0 amide bonds. The van der Waals surface area contributed by atoms with Crippen molar-refractivity contribution in [3.8, 4) is 0 Å². The van der Waals surface area contributed by atoms with Crippen molar-refractivity contribution >= 4 is 38.5 Å². The van der Waals surface area contributed by atoms with Gasteiger partial charge in [0.05, 0.1) is 16.6 Å². The highest BCUT2D eigenvalue weighted by Crippen LogP contribution is 2.33. The summed E-state index contributed by atoms with van der Waals surface area (Å²) in [5.74, 6) is 0. The molecule has 2 aromatic heterocycles. The lowest BCUT2D eigenvalue weighted by atomic mass is 10.1. The average molecular weight is 233 g/mol. The van der Waals surface area contributed by atoms with E-state index < -0.39 is 0 Å². The number of pyridine rings is 1. The second-order valence-electron chi connectivity index (χ2n) is 4.44. The first-order valence-electron chi connectivity index (χ1n) is 5.89. The second kappa shape index (κ2) is 3.23. The van der Waals surface area contributed by atoms with Gasteiger partial charge in [-0.2, -0.15) is 0 Å². The minimum Gasteiger partial charge on any atom is -0.398 e. The molecule has 0 atom stereocenters. The number of benzene rings is 2. The molecule has 18 heavy (non-hydrogen) atoms. The number of hydrogen-bond acceptors (Lipinski definition) is 2. The normalized spacial score (nSPS) is 11.6. The summed E-state index contributed by atoms with van der Waals surface area (Å²) < 4.78 is 0. The SMILES string of the molecule is Nc1c2ccccc2nc2[nH]c3ccccc3c12. The predicted octanol–water partition coefficient (Wildman–Crippen LogP) is 3.45. The Hall–Kier alpha value is -2.55. The van der Waals surface area contributed by atoms with E-state index in [1.165, 1.54) is 0 Å². The van der Waals surface area contributed by atoms with Gasteiger partial charge in [0.15, 0.2) is 0 Å². The largest absolute Gasteiger partial charge is 0.398 e. The van der Waals surface area contributed by atoms with Gasteiger partial charge in [0, 0.05) is 16.3 Å². The molecule has 0 unspecified atom stereocenters. The summed E-state index contributed by atoms with van der Waals surface area (Å²) in [5.41, 5.74) is 9.95. The summed E-state index contributed by atoms with van der Waals surface area (Å²) in [6.07, 6.45) is 0. The van der Waals surface area contributed by atoms with Crippen LogP contribution in [0.2, 0.25) is 0 Å². The Bertz CT molecular complexity index is 890. The molecule has 0 saturated carbocycles. The van der Waals surface area contributed by atoms with E-state index in [1.54, 1.807) is 0 Å². The number of nitrogens with one attached hydrogen (secondary N) is 1. The zero-order valence-electron chi connectivity index (χ0n) is 9.64. The van der Waals surface area contributed by atoms with Crippen molar-refractivity contribution in [1.29, 1.82) is 0 Å². The minimum atomic E-state index is 0.799. The molecule has 0 fully saturated rings. The Balaban J connectivity index is 2.34. The molecule has 86 valence electrons. The van der Waals surface area contributed by atoms with Crippen LogP contribution in [0.25, 0.3) is 32.8 Å². The van der Waals surface area contributed by atoms with Crippen molar-refractivity contribution in [1.82, 2.24) is 9.97 Å². The summed E-state index contributed by atoms with van der Waals surface area (Å²) in [7, 11) is 0. The highest BCUT2D eigenvalue weighted by atomic mass is 14.9. The second-order valence-corrected chi connectivity index (χ2v) is 4.44. The molecule has 3 nitrogen and oxygen atoms in total. The molecule has 3 heteroatoms. The van der Waals surface area contributed by atoms with E-state index in [9.17, 15) is 0 Å². The summed E-state index contributed by atoms with van der Waals surface area (Å²) in [6.45, 7) is 0. The maximum Gasteiger partial charge on any atom is 0.141 e. The zero-order chi connectivity index (χ0) is 12.1. The molecule has 4 aromatic rings. The van der Waals surface area contributed by atoms with Crippen LogP contribution >= 0.6 is 0 Å². The van der Waals surface area contributed by atoms with Gasteiger partial charge in [0.2, 0.25) is 0 Å². The van der Waals surface area contributed by atoms with Crippen LogP contribution in [0.1, 0.15) is 0 Å². The number of para-hydroxylation sites is 2. The number of nitrogens with two attached hydrogens (primary N) is 1. The van der Waals surface area contributed by atoms with Crippen molar-refractivity contribution in [2.75, 3.05) is 5.73 Å². The third kappa shape index (κ3) is 1.10. The molecule has 2 aromatic carbocycles. The van der Waals surface area contributed by atoms with Crippen molar-refractivity contribution < 1.29 is 0 Å². The number of nitrogens with zero attached hydrogens (tertiary/aromatic N) is 1. The molecule has 0 aliphatic rings. The summed E-state index contributed by atoms with van der Waals surface area (Å²) in [5, 5.41) is 3.15. The van der Waals surface area contributed by atoms with Crippen LogP contribution in [0.15, 0.2) is 48.5 Å². The molecule has 0 aliphatic heterocycles. The van der Waals surface area contributed by atoms with Gasteiger partial charge < -0.3 is 10.7 Å². The van der Waals surface area contributed by atoms with Gasteiger partial charge >= 0.3 is 0 Å². The highest BCUT2D eigenvalue weighted by Gasteiger charge is 2.11. The van der Waals surface area contributed by atoms with Crippen LogP contribution in [0.4, 0.5) is 5.69 Å². The third-order valence-electron chi connectivity index (χ3n) is 3.38. The number of aromatic amines is 1. The van der Waals surface area contributed by atoms with Gasteiger partial charge in [-0.3, -0.25) is 0 Å². The molecule has 0 bridgehead atoms. The number of rotatable bonds is 0. The molecular formula is C15H11N3. The lowest BCUT2D eigenvalue weighted by molar-refractivity contribution is 1.40. The molecule has 0 spiro atoms. The lowest BCUT2D eigenvalue weighted by Gasteiger charge is -2.03. The van der Waals surface area contributed by atoms with Gasteiger partial charge in [-0.05, 0) is 12.1 Å². The highest BCUT2D eigenvalue weighted by molar-refractivity contribution is 6.17. The summed E-state index contributed by atoms with van der Waals surface area (Å²) in [4.78, 5) is 7.96.